The molecule has 9 heteroatoms. The lowest BCUT2D eigenvalue weighted by atomic mass is 9.33. The smallest absolute Gasteiger partial charge is 0.356 e. The van der Waals surface area contributed by atoms with E-state index >= 15 is 4.79 Å². The summed E-state index contributed by atoms with van der Waals surface area (Å²) >= 11 is 0. The number of hydrogen-bond acceptors (Lipinski definition) is 8. The number of carbonyl (C=O) groups is 4. The first-order valence-electron chi connectivity index (χ1n) is 23.0. The average molecular weight is 843 g/mol. The first kappa shape index (κ1) is 43.8. The van der Waals surface area contributed by atoms with Crippen LogP contribution in [-0.2, 0) is 28.6 Å². The van der Waals surface area contributed by atoms with E-state index in [0.29, 0.717) is 37.1 Å². The van der Waals surface area contributed by atoms with Gasteiger partial charge in [-0.2, -0.15) is 5.10 Å². The molecule has 1 heterocycles. The molecule has 0 radical (unpaired) electrons. The van der Waals surface area contributed by atoms with E-state index in [-0.39, 0.29) is 59.5 Å². The molecule has 4 fully saturated rings. The minimum absolute atomic E-state index is 0.0333. The van der Waals surface area contributed by atoms with Crippen LogP contribution in [0.4, 0.5) is 0 Å². The fourth-order valence-electron chi connectivity index (χ4n) is 13.9. The second-order valence-electron chi connectivity index (χ2n) is 20.9. The molecule has 5 aliphatic carbocycles. The molecule has 330 valence electrons. The van der Waals surface area contributed by atoms with Crippen molar-refractivity contribution in [3.63, 3.8) is 0 Å². The molecule has 0 bridgehead atoms. The zero-order chi connectivity index (χ0) is 44.5. The standard InChI is InChI=1S/C53H66N2O7/c1-10-30-61-47(59)53(9)41-22-25-52(8)44(50(41,6)24-23-42(53)55-39(31-34(3)54-55)45(57)60-11-2)40(56)32-37-38-33-49(5,27-26-48(38,4)28-29-51(37,52)7)46(58)62-43(35-18-14-12-15-19-35)36-20-16-13-17-21-36/h10,12-21,31-32,38,41-44H,1,11,22-30,33H2,2-9H3/t38-,41+,42-,44+,48+,49-,50-,51+,52+,53-/m0/s1. The molecule has 9 nitrogen and oxygen atoms in total. The molecule has 2 aromatic carbocycles. The average Bonchev–Trinajstić information content (AvgIpc) is 3.64. The number of fused-ring (bicyclic) bond motifs is 7. The Morgan fingerprint density at radius 2 is 1.50 bits per heavy atom. The van der Waals surface area contributed by atoms with Gasteiger partial charge < -0.3 is 14.2 Å². The number of nitrogens with zero attached hydrogens (tertiary/aromatic N) is 2. The molecule has 3 aromatic rings. The Bertz CT molecular complexity index is 2240. The van der Waals surface area contributed by atoms with Crippen LogP contribution in [0.15, 0.2) is 91.0 Å². The minimum atomic E-state index is -1.11. The molecule has 0 N–H and O–H groups in total. The number of allylic oxidation sites excluding steroid dienone is 2. The summed E-state index contributed by atoms with van der Waals surface area (Å²) in [4.78, 5) is 58.0. The number of aryl methyl sites for hydroxylation is 1. The maximum Gasteiger partial charge on any atom is 0.356 e. The molecule has 0 saturated heterocycles. The van der Waals surface area contributed by atoms with Crippen molar-refractivity contribution in [1.29, 1.82) is 0 Å². The lowest BCUT2D eigenvalue weighted by molar-refractivity contribution is -0.208. The molecule has 8 rings (SSSR count). The topological polar surface area (TPSA) is 114 Å². The Kier molecular flexibility index (Phi) is 11.2. The predicted octanol–water partition coefficient (Wildman–Crippen LogP) is 10.9. The van der Waals surface area contributed by atoms with E-state index in [1.807, 2.05) is 80.6 Å². The largest absolute Gasteiger partial charge is 0.461 e. The maximum atomic E-state index is 15.4. The van der Waals surface area contributed by atoms with E-state index in [4.69, 9.17) is 19.3 Å². The Hall–Kier alpha value is -4.79. The number of rotatable bonds is 10. The van der Waals surface area contributed by atoms with Crippen LogP contribution in [-0.4, -0.2) is 46.7 Å². The van der Waals surface area contributed by atoms with Gasteiger partial charge in [-0.25, -0.2) is 4.79 Å². The summed E-state index contributed by atoms with van der Waals surface area (Å²) in [5.74, 6) is -1.46. The monoisotopic (exact) mass is 842 g/mol. The van der Waals surface area contributed by atoms with Gasteiger partial charge in [0.05, 0.1) is 29.2 Å². The van der Waals surface area contributed by atoms with Crippen molar-refractivity contribution in [3.8, 4) is 0 Å². The molecule has 0 aliphatic heterocycles. The van der Waals surface area contributed by atoms with Gasteiger partial charge in [-0.1, -0.05) is 107 Å². The molecular formula is C53H66N2O7. The summed E-state index contributed by atoms with van der Waals surface area (Å²) < 4.78 is 19.7. The first-order chi connectivity index (χ1) is 29.4. The van der Waals surface area contributed by atoms with E-state index in [9.17, 15) is 14.4 Å². The van der Waals surface area contributed by atoms with Crippen molar-refractivity contribution in [1.82, 2.24) is 9.78 Å². The molecule has 0 amide bonds. The molecule has 5 aliphatic rings. The number of esters is 3. The van der Waals surface area contributed by atoms with Crippen LogP contribution in [0.3, 0.4) is 0 Å². The third-order valence-corrected chi connectivity index (χ3v) is 17.5. The van der Waals surface area contributed by atoms with Gasteiger partial charge in [0.25, 0.3) is 0 Å². The Morgan fingerprint density at radius 3 is 2.13 bits per heavy atom. The number of carbonyl (C=O) groups excluding carboxylic acids is 4. The minimum Gasteiger partial charge on any atom is -0.461 e. The number of ether oxygens (including phenoxy) is 3. The van der Waals surface area contributed by atoms with Gasteiger partial charge >= 0.3 is 17.9 Å². The highest BCUT2D eigenvalue weighted by Crippen LogP contribution is 2.76. The van der Waals surface area contributed by atoms with E-state index in [1.165, 1.54) is 5.57 Å². The molecule has 0 spiro atoms. The van der Waals surface area contributed by atoms with E-state index in [1.54, 1.807) is 23.7 Å². The van der Waals surface area contributed by atoms with Crippen molar-refractivity contribution in [3.05, 3.63) is 114 Å². The molecule has 62 heavy (non-hydrogen) atoms. The molecule has 4 saturated carbocycles. The third kappa shape index (κ3) is 6.65. The highest BCUT2D eigenvalue weighted by molar-refractivity contribution is 5.96. The summed E-state index contributed by atoms with van der Waals surface area (Å²) in [5.41, 5.74) is 0.861. The van der Waals surface area contributed by atoms with Crippen molar-refractivity contribution >= 4 is 23.7 Å². The molecule has 10 atom stereocenters. The van der Waals surface area contributed by atoms with Crippen LogP contribution < -0.4 is 0 Å². The molecular weight excluding hydrogens is 777 g/mol. The quantitative estimate of drug-likeness (QED) is 0.113. The lowest BCUT2D eigenvalue weighted by Crippen LogP contribution is -2.67. The third-order valence-electron chi connectivity index (χ3n) is 17.5. The van der Waals surface area contributed by atoms with Gasteiger partial charge in [-0.3, -0.25) is 19.1 Å². The van der Waals surface area contributed by atoms with Crippen LogP contribution >= 0.6 is 0 Å². The zero-order valence-electron chi connectivity index (χ0n) is 38.1. The van der Waals surface area contributed by atoms with Crippen LogP contribution in [0.2, 0.25) is 0 Å². The van der Waals surface area contributed by atoms with Gasteiger partial charge in [-0.05, 0) is 142 Å². The van der Waals surface area contributed by atoms with Crippen LogP contribution in [0.25, 0.3) is 0 Å². The summed E-state index contributed by atoms with van der Waals surface area (Å²) in [5, 5.41) is 4.83. The van der Waals surface area contributed by atoms with Gasteiger partial charge in [0.1, 0.15) is 12.3 Å². The fraction of sp³-hybridized carbons (Fsp3) is 0.566. The van der Waals surface area contributed by atoms with Crippen molar-refractivity contribution in [2.24, 2.45) is 50.2 Å². The van der Waals surface area contributed by atoms with Gasteiger partial charge in [0.15, 0.2) is 11.9 Å². The summed E-state index contributed by atoms with van der Waals surface area (Å²) in [6, 6.07) is 21.2. The Morgan fingerprint density at radius 1 is 0.855 bits per heavy atom. The Balaban J connectivity index is 1.15. The number of hydrogen-bond donors (Lipinski definition) is 0. The number of benzene rings is 2. The number of ketones is 1. The van der Waals surface area contributed by atoms with Gasteiger partial charge in [0, 0.05) is 5.92 Å². The Labute approximate surface area is 368 Å². The molecule has 0 unspecified atom stereocenters. The van der Waals surface area contributed by atoms with Crippen LogP contribution in [0.1, 0.15) is 146 Å². The van der Waals surface area contributed by atoms with E-state index < -0.39 is 39.8 Å². The zero-order valence-corrected chi connectivity index (χ0v) is 38.1. The molecule has 1 aromatic heterocycles. The fourth-order valence-corrected chi connectivity index (χ4v) is 13.9. The maximum absolute atomic E-state index is 15.4. The highest BCUT2D eigenvalue weighted by Gasteiger charge is 2.72. The van der Waals surface area contributed by atoms with Crippen molar-refractivity contribution < 1.29 is 33.4 Å². The van der Waals surface area contributed by atoms with Gasteiger partial charge in [0.2, 0.25) is 0 Å². The number of aromatic nitrogens is 2. The van der Waals surface area contributed by atoms with Crippen LogP contribution in [0, 0.1) is 57.2 Å². The van der Waals surface area contributed by atoms with E-state index in [0.717, 1.165) is 43.2 Å². The summed E-state index contributed by atoms with van der Waals surface area (Å²) in [7, 11) is 0. The SMILES string of the molecule is C=CCOC(=O)[C@]1(C)[C@@H](n2nc(C)cc2C(=O)OCC)CC[C@@]2(C)[C@H]1CC[C@]1(C)[C@@H]2C(=O)C=C2[C@@H]3C[C@@](C)(C(=O)OC(c4ccccc4)c4ccccc4)CC[C@]3(C)CC[C@]21C. The van der Waals surface area contributed by atoms with E-state index in [2.05, 4.69) is 41.2 Å². The summed E-state index contributed by atoms with van der Waals surface area (Å²) in [6.45, 7) is 21.1. The normalized spacial score (nSPS) is 36.2. The van der Waals surface area contributed by atoms with Crippen LogP contribution in [0.5, 0.6) is 0 Å². The summed E-state index contributed by atoms with van der Waals surface area (Å²) in [6.07, 6.45) is 9.89. The first-order valence-corrected chi connectivity index (χ1v) is 23.0. The second kappa shape index (κ2) is 15.8. The van der Waals surface area contributed by atoms with Gasteiger partial charge in [-0.15, -0.1) is 0 Å². The second-order valence-corrected chi connectivity index (χ2v) is 20.9. The van der Waals surface area contributed by atoms with Crippen molar-refractivity contribution in [2.45, 2.75) is 125 Å². The highest BCUT2D eigenvalue weighted by atomic mass is 16.5. The predicted molar refractivity (Wildman–Crippen MR) is 238 cm³/mol. The van der Waals surface area contributed by atoms with Crippen molar-refractivity contribution in [2.75, 3.05) is 13.2 Å². The lowest BCUT2D eigenvalue weighted by Gasteiger charge is -2.70.